The zero-order valence-corrected chi connectivity index (χ0v) is 13.8. The second-order valence-electron chi connectivity index (χ2n) is 4.00. The van der Waals surface area contributed by atoms with Crippen LogP contribution in [0.4, 0.5) is 0 Å². The summed E-state index contributed by atoms with van der Waals surface area (Å²) in [7, 11) is 0. The van der Waals surface area contributed by atoms with Gasteiger partial charge in [-0.1, -0.05) is 0 Å². The minimum atomic E-state index is -1.79. The van der Waals surface area contributed by atoms with E-state index in [1.54, 1.807) is 0 Å². The third-order valence-corrected chi connectivity index (χ3v) is 2.74. The van der Waals surface area contributed by atoms with Crippen LogP contribution < -0.4 is 0 Å². The fraction of sp³-hybridized carbons (Fsp3) is 0.500. The first kappa shape index (κ1) is 19.1. The SMILES string of the molecule is O=C(O)CC(C(=O)O)N1CCN=C(C(=O)O)C1C(=O)O.[Zn]. The molecule has 1 aliphatic heterocycles. The number of aliphatic carboxylic acids is 4. The van der Waals surface area contributed by atoms with Gasteiger partial charge in [-0.25, -0.2) is 4.79 Å². The van der Waals surface area contributed by atoms with Crippen LogP contribution in [0, 0.1) is 0 Å². The van der Waals surface area contributed by atoms with Gasteiger partial charge in [-0.15, -0.1) is 0 Å². The molecule has 0 aromatic heterocycles. The Balaban J connectivity index is 0.00000400. The summed E-state index contributed by atoms with van der Waals surface area (Å²) in [6.45, 7) is -0.271. The van der Waals surface area contributed by atoms with Crippen LogP contribution in [-0.4, -0.2) is 80.1 Å². The average Bonchev–Trinajstić information content (AvgIpc) is 2.34. The van der Waals surface area contributed by atoms with Crippen LogP contribution in [-0.2, 0) is 38.7 Å². The van der Waals surface area contributed by atoms with E-state index in [1.807, 2.05) is 0 Å². The van der Waals surface area contributed by atoms with Gasteiger partial charge in [-0.05, 0) is 0 Å². The molecule has 4 N–H and O–H groups in total. The Morgan fingerprint density at radius 1 is 1.19 bits per heavy atom. The van der Waals surface area contributed by atoms with E-state index in [2.05, 4.69) is 4.99 Å². The Hall–Kier alpha value is -1.87. The van der Waals surface area contributed by atoms with Gasteiger partial charge in [-0.2, -0.15) is 0 Å². The number of hydrogen-bond donors (Lipinski definition) is 4. The molecule has 0 radical (unpaired) electrons. The second-order valence-corrected chi connectivity index (χ2v) is 4.00. The van der Waals surface area contributed by atoms with E-state index in [-0.39, 0.29) is 32.6 Å². The molecule has 11 heteroatoms. The van der Waals surface area contributed by atoms with Gasteiger partial charge in [0.15, 0.2) is 6.04 Å². The van der Waals surface area contributed by atoms with E-state index < -0.39 is 48.1 Å². The van der Waals surface area contributed by atoms with Crippen molar-refractivity contribution in [2.75, 3.05) is 13.1 Å². The Bertz CT molecular complexity index is 491. The molecule has 1 rings (SSSR count). The van der Waals surface area contributed by atoms with Crippen LogP contribution in [0.5, 0.6) is 0 Å². The molecule has 2 unspecified atom stereocenters. The third kappa shape index (κ3) is 4.57. The number of hydrogen-bond acceptors (Lipinski definition) is 6. The predicted molar refractivity (Wildman–Crippen MR) is 61.7 cm³/mol. The maximum atomic E-state index is 11.2. The molecular formula is C10H12N2O8Zn. The molecule has 1 heterocycles. The summed E-state index contributed by atoms with van der Waals surface area (Å²) in [5, 5.41) is 35.7. The third-order valence-electron chi connectivity index (χ3n) is 2.74. The van der Waals surface area contributed by atoms with Gasteiger partial charge in [0.2, 0.25) is 0 Å². The Kier molecular flexibility index (Phi) is 7.10. The maximum Gasteiger partial charge on any atom is 0.352 e. The largest absolute Gasteiger partial charge is 0.481 e. The summed E-state index contributed by atoms with van der Waals surface area (Å²) < 4.78 is 0. The molecule has 0 aromatic rings. The molecule has 112 valence electrons. The Labute approximate surface area is 130 Å². The predicted octanol–water partition coefficient (Wildman–Crippen LogP) is -1.79. The number of nitrogens with zero attached hydrogens (tertiary/aromatic N) is 2. The van der Waals surface area contributed by atoms with E-state index >= 15 is 0 Å². The molecule has 0 saturated carbocycles. The van der Waals surface area contributed by atoms with Gasteiger partial charge < -0.3 is 20.4 Å². The fourth-order valence-corrected chi connectivity index (χ4v) is 1.95. The molecule has 0 fully saturated rings. The summed E-state index contributed by atoms with van der Waals surface area (Å²) in [6, 6.07) is -3.43. The summed E-state index contributed by atoms with van der Waals surface area (Å²) in [4.78, 5) is 48.2. The zero-order chi connectivity index (χ0) is 15.4. The smallest absolute Gasteiger partial charge is 0.352 e. The minimum Gasteiger partial charge on any atom is -0.481 e. The van der Waals surface area contributed by atoms with Gasteiger partial charge >= 0.3 is 23.9 Å². The van der Waals surface area contributed by atoms with Crippen LogP contribution in [0.15, 0.2) is 4.99 Å². The topological polar surface area (TPSA) is 165 Å². The number of carboxylic acids is 4. The monoisotopic (exact) mass is 352 g/mol. The van der Waals surface area contributed by atoms with Crippen molar-refractivity contribution in [1.29, 1.82) is 0 Å². The first-order chi connectivity index (χ1) is 9.25. The molecule has 1 aliphatic rings. The van der Waals surface area contributed by atoms with Crippen molar-refractivity contribution in [2.45, 2.75) is 18.5 Å². The van der Waals surface area contributed by atoms with Crippen molar-refractivity contribution in [3.05, 3.63) is 0 Å². The molecule has 21 heavy (non-hydrogen) atoms. The summed E-state index contributed by atoms with van der Waals surface area (Å²) in [5.41, 5.74) is -0.708. The normalized spacial score (nSPS) is 19.8. The van der Waals surface area contributed by atoms with Crippen LogP contribution in [0.25, 0.3) is 0 Å². The average molecular weight is 354 g/mol. The molecule has 0 amide bonds. The zero-order valence-electron chi connectivity index (χ0n) is 10.8. The number of carbonyl (C=O) groups is 4. The van der Waals surface area contributed by atoms with Crippen LogP contribution in [0.3, 0.4) is 0 Å². The molecular weight excluding hydrogens is 342 g/mol. The Morgan fingerprint density at radius 3 is 2.14 bits per heavy atom. The fourth-order valence-electron chi connectivity index (χ4n) is 1.95. The number of rotatable bonds is 6. The van der Waals surface area contributed by atoms with Crippen molar-refractivity contribution in [3.8, 4) is 0 Å². The van der Waals surface area contributed by atoms with Gasteiger partial charge in [0.25, 0.3) is 0 Å². The molecule has 0 bridgehead atoms. The Morgan fingerprint density at radius 2 is 1.76 bits per heavy atom. The van der Waals surface area contributed by atoms with Crippen molar-refractivity contribution in [3.63, 3.8) is 0 Å². The van der Waals surface area contributed by atoms with E-state index in [9.17, 15) is 19.2 Å². The van der Waals surface area contributed by atoms with Crippen LogP contribution >= 0.6 is 0 Å². The molecule has 0 saturated heterocycles. The first-order valence-corrected chi connectivity index (χ1v) is 5.46. The molecule has 10 nitrogen and oxygen atoms in total. The van der Waals surface area contributed by atoms with Crippen LogP contribution in [0.1, 0.15) is 6.42 Å². The van der Waals surface area contributed by atoms with Crippen molar-refractivity contribution < 1.29 is 59.1 Å². The van der Waals surface area contributed by atoms with Crippen LogP contribution in [0.2, 0.25) is 0 Å². The quantitative estimate of drug-likeness (QED) is 0.403. The maximum absolute atomic E-state index is 11.2. The second kappa shape index (κ2) is 7.79. The number of aliphatic imine (C=N–C) groups is 1. The summed E-state index contributed by atoms with van der Waals surface area (Å²) in [5.74, 6) is -6.14. The van der Waals surface area contributed by atoms with E-state index in [4.69, 9.17) is 20.4 Å². The van der Waals surface area contributed by atoms with E-state index in [0.717, 1.165) is 4.90 Å². The van der Waals surface area contributed by atoms with Crippen molar-refractivity contribution in [2.24, 2.45) is 4.99 Å². The molecule has 0 aromatic carbocycles. The molecule has 2 atom stereocenters. The van der Waals surface area contributed by atoms with Crippen molar-refractivity contribution >= 4 is 29.6 Å². The standard InChI is InChI=1S/C10H12N2O8.Zn/c13-5(14)3-4(8(15)16)12-2-1-11-6(9(17)18)7(12)10(19)20;/h4,7H,1-3H2,(H,13,14)(H,15,16)(H,17,18)(H,19,20);. The van der Waals surface area contributed by atoms with Crippen molar-refractivity contribution in [1.82, 2.24) is 4.90 Å². The van der Waals surface area contributed by atoms with Gasteiger partial charge in [-0.3, -0.25) is 24.3 Å². The first-order valence-electron chi connectivity index (χ1n) is 5.46. The molecule has 0 spiro atoms. The van der Waals surface area contributed by atoms with Gasteiger partial charge in [0, 0.05) is 26.0 Å². The summed E-state index contributed by atoms with van der Waals surface area (Å²) in [6.07, 6.45) is -0.841. The van der Waals surface area contributed by atoms with E-state index in [1.165, 1.54) is 0 Å². The minimum absolute atomic E-state index is 0. The van der Waals surface area contributed by atoms with Gasteiger partial charge in [0.05, 0.1) is 13.0 Å². The summed E-state index contributed by atoms with van der Waals surface area (Å²) >= 11 is 0. The molecule has 0 aliphatic carbocycles. The van der Waals surface area contributed by atoms with E-state index in [0.29, 0.717) is 0 Å². The van der Waals surface area contributed by atoms with Gasteiger partial charge in [0.1, 0.15) is 11.8 Å². The number of carboxylic acid groups (broad SMARTS) is 4.